The molecule has 1 amide bonds. The van der Waals surface area contributed by atoms with Crippen LogP contribution in [-0.2, 0) is 10.5 Å². The molecule has 1 N–H and O–H groups in total. The summed E-state index contributed by atoms with van der Waals surface area (Å²) in [6, 6.07) is 10.2. The van der Waals surface area contributed by atoms with E-state index >= 15 is 0 Å². The molecule has 0 bridgehead atoms. The second-order valence-corrected chi connectivity index (χ2v) is 6.82. The van der Waals surface area contributed by atoms with E-state index in [0.29, 0.717) is 10.3 Å². The van der Waals surface area contributed by atoms with Gasteiger partial charge >= 0.3 is 0 Å². The van der Waals surface area contributed by atoms with E-state index in [1.807, 2.05) is 18.2 Å². The van der Waals surface area contributed by atoms with Crippen LogP contribution >= 0.6 is 23.3 Å². The van der Waals surface area contributed by atoms with Gasteiger partial charge in [0.1, 0.15) is 0 Å². The van der Waals surface area contributed by atoms with Crippen molar-refractivity contribution in [1.29, 1.82) is 0 Å². The fourth-order valence-electron chi connectivity index (χ4n) is 2.28. The molecule has 0 saturated carbocycles. The Labute approximate surface area is 138 Å². The van der Waals surface area contributed by atoms with Crippen LogP contribution < -0.4 is 5.32 Å². The molecule has 1 aliphatic carbocycles. The van der Waals surface area contributed by atoms with E-state index in [9.17, 15) is 4.79 Å². The molecular formula is C16H17N3OS2. The lowest BCUT2D eigenvalue weighted by molar-refractivity contribution is -0.120. The van der Waals surface area contributed by atoms with E-state index in [1.54, 1.807) is 11.8 Å². The summed E-state index contributed by atoms with van der Waals surface area (Å²) in [5.74, 6) is 0.952. The fourth-order valence-corrected chi connectivity index (χ4v) is 3.78. The third kappa shape index (κ3) is 4.18. The molecule has 0 saturated heterocycles. The Morgan fingerprint density at radius 2 is 2.18 bits per heavy atom. The van der Waals surface area contributed by atoms with E-state index in [0.717, 1.165) is 25.0 Å². The third-order valence-electron chi connectivity index (χ3n) is 3.49. The van der Waals surface area contributed by atoms with Crippen LogP contribution in [0.5, 0.6) is 0 Å². The molecule has 2 aromatic rings. The van der Waals surface area contributed by atoms with Crippen molar-refractivity contribution in [3.8, 4) is 0 Å². The first-order valence-electron chi connectivity index (χ1n) is 7.27. The number of benzene rings is 1. The summed E-state index contributed by atoms with van der Waals surface area (Å²) in [6.45, 7) is 0. The van der Waals surface area contributed by atoms with Crippen LogP contribution in [0.4, 0.5) is 5.13 Å². The fraction of sp³-hybridized carbons (Fsp3) is 0.312. The van der Waals surface area contributed by atoms with Crippen LogP contribution in [-0.4, -0.2) is 15.3 Å². The van der Waals surface area contributed by atoms with Gasteiger partial charge in [-0.25, -0.2) is 0 Å². The second kappa shape index (κ2) is 7.56. The summed E-state index contributed by atoms with van der Waals surface area (Å²) in [4.78, 5) is 16.5. The standard InChI is InChI=1S/C16H17N3OS2/c20-14(13-9-5-2-6-10-13)17-15-18-16(19-22-15)21-11-12-7-3-1-4-8-12/h1-5,7-8,13H,6,9-11H2,(H,17,18,19,20). The molecule has 1 aromatic carbocycles. The van der Waals surface area contributed by atoms with Gasteiger partial charge in [-0.15, -0.1) is 0 Å². The van der Waals surface area contributed by atoms with Crippen molar-refractivity contribution >= 4 is 34.3 Å². The number of hydrogen-bond donors (Lipinski definition) is 1. The number of rotatable bonds is 5. The van der Waals surface area contributed by atoms with Gasteiger partial charge in [0.2, 0.25) is 16.2 Å². The minimum absolute atomic E-state index is 0.0557. The molecule has 114 valence electrons. The SMILES string of the molecule is O=C(Nc1nc(SCc2ccccc2)ns1)C1CC=CCC1. The van der Waals surface area contributed by atoms with E-state index in [4.69, 9.17) is 0 Å². The van der Waals surface area contributed by atoms with E-state index in [-0.39, 0.29) is 11.8 Å². The number of nitrogens with zero attached hydrogens (tertiary/aromatic N) is 2. The van der Waals surface area contributed by atoms with E-state index in [2.05, 4.69) is 39.0 Å². The second-order valence-electron chi connectivity index (χ2n) is 5.13. The summed E-state index contributed by atoms with van der Waals surface area (Å²) >= 11 is 2.83. The molecule has 0 radical (unpaired) electrons. The average Bonchev–Trinajstić information content (AvgIpc) is 3.02. The first-order valence-corrected chi connectivity index (χ1v) is 9.03. The zero-order valence-electron chi connectivity index (χ0n) is 12.1. The Hall–Kier alpha value is -1.66. The molecule has 22 heavy (non-hydrogen) atoms. The molecule has 0 aliphatic heterocycles. The number of nitrogens with one attached hydrogen (secondary N) is 1. The van der Waals surface area contributed by atoms with E-state index < -0.39 is 0 Å². The zero-order valence-corrected chi connectivity index (χ0v) is 13.7. The Morgan fingerprint density at radius 3 is 2.95 bits per heavy atom. The number of allylic oxidation sites excluding steroid dienone is 2. The van der Waals surface area contributed by atoms with Crippen LogP contribution in [0.15, 0.2) is 47.6 Å². The normalized spacial score (nSPS) is 17.4. The predicted octanol–water partition coefficient (Wildman–Crippen LogP) is 4.13. The summed E-state index contributed by atoms with van der Waals surface area (Å²) < 4.78 is 4.29. The van der Waals surface area contributed by atoms with E-state index in [1.165, 1.54) is 17.1 Å². The van der Waals surface area contributed by atoms with Crippen molar-refractivity contribution in [1.82, 2.24) is 9.36 Å². The number of anilines is 1. The highest BCUT2D eigenvalue weighted by atomic mass is 32.2. The van der Waals surface area contributed by atoms with Crippen molar-refractivity contribution < 1.29 is 4.79 Å². The molecule has 6 heteroatoms. The highest BCUT2D eigenvalue weighted by molar-refractivity contribution is 7.98. The topological polar surface area (TPSA) is 54.9 Å². The van der Waals surface area contributed by atoms with Gasteiger partial charge in [0, 0.05) is 23.2 Å². The number of thioether (sulfide) groups is 1. The van der Waals surface area contributed by atoms with Crippen molar-refractivity contribution in [2.24, 2.45) is 5.92 Å². The maximum atomic E-state index is 12.1. The number of carbonyl (C=O) groups is 1. The third-order valence-corrected chi connectivity index (χ3v) is 5.15. The van der Waals surface area contributed by atoms with Crippen molar-refractivity contribution in [2.75, 3.05) is 5.32 Å². The van der Waals surface area contributed by atoms with Gasteiger partial charge in [-0.05, 0) is 24.8 Å². The molecule has 1 heterocycles. The number of amides is 1. The molecule has 1 unspecified atom stereocenters. The number of carbonyl (C=O) groups excluding carboxylic acids is 1. The van der Waals surface area contributed by atoms with Gasteiger partial charge in [-0.2, -0.15) is 9.36 Å². The van der Waals surface area contributed by atoms with Gasteiger partial charge in [0.05, 0.1) is 0 Å². The highest BCUT2D eigenvalue weighted by Gasteiger charge is 2.20. The molecule has 0 spiro atoms. The maximum absolute atomic E-state index is 12.1. The number of aromatic nitrogens is 2. The Kier molecular flexibility index (Phi) is 5.24. The maximum Gasteiger partial charge on any atom is 0.229 e. The summed E-state index contributed by atoms with van der Waals surface area (Å²) in [5.41, 5.74) is 1.24. The molecule has 1 aliphatic rings. The molecule has 1 aromatic heterocycles. The average molecular weight is 331 g/mol. The first-order chi connectivity index (χ1) is 10.8. The molecule has 4 nitrogen and oxygen atoms in total. The van der Waals surface area contributed by atoms with Gasteiger partial charge in [-0.1, -0.05) is 54.2 Å². The summed E-state index contributed by atoms with van der Waals surface area (Å²) in [5, 5.41) is 4.20. The quantitative estimate of drug-likeness (QED) is 0.661. The lowest BCUT2D eigenvalue weighted by Gasteiger charge is -2.15. The summed E-state index contributed by atoms with van der Waals surface area (Å²) in [6.07, 6.45) is 6.92. The van der Waals surface area contributed by atoms with Crippen LogP contribution in [0.25, 0.3) is 0 Å². The largest absolute Gasteiger partial charge is 0.300 e. The molecule has 0 fully saturated rings. The van der Waals surface area contributed by atoms with Gasteiger partial charge in [0.25, 0.3) is 0 Å². The minimum atomic E-state index is 0.0557. The number of hydrogen-bond acceptors (Lipinski definition) is 5. The van der Waals surface area contributed by atoms with Gasteiger partial charge in [-0.3, -0.25) is 4.79 Å². The van der Waals surface area contributed by atoms with Crippen LogP contribution in [0.1, 0.15) is 24.8 Å². The van der Waals surface area contributed by atoms with Crippen molar-refractivity contribution in [3.63, 3.8) is 0 Å². The van der Waals surface area contributed by atoms with Gasteiger partial charge < -0.3 is 5.32 Å². The molecule has 3 rings (SSSR count). The lowest BCUT2D eigenvalue weighted by atomic mass is 9.94. The minimum Gasteiger partial charge on any atom is -0.300 e. The Bertz CT molecular complexity index is 654. The van der Waals surface area contributed by atoms with Gasteiger partial charge in [0.15, 0.2) is 0 Å². The monoisotopic (exact) mass is 331 g/mol. The Morgan fingerprint density at radius 1 is 1.32 bits per heavy atom. The Balaban J connectivity index is 1.52. The molecule has 1 atom stereocenters. The highest BCUT2D eigenvalue weighted by Crippen LogP contribution is 2.25. The van der Waals surface area contributed by atoms with Crippen LogP contribution in [0.2, 0.25) is 0 Å². The summed E-state index contributed by atoms with van der Waals surface area (Å²) in [7, 11) is 0. The van der Waals surface area contributed by atoms with Crippen molar-refractivity contribution in [2.45, 2.75) is 30.2 Å². The van der Waals surface area contributed by atoms with Crippen LogP contribution in [0, 0.1) is 5.92 Å². The zero-order chi connectivity index (χ0) is 15.2. The smallest absolute Gasteiger partial charge is 0.229 e. The predicted molar refractivity (Wildman–Crippen MR) is 91.0 cm³/mol. The van der Waals surface area contributed by atoms with Crippen molar-refractivity contribution in [3.05, 3.63) is 48.0 Å². The lowest BCUT2D eigenvalue weighted by Crippen LogP contribution is -2.23. The van der Waals surface area contributed by atoms with Crippen LogP contribution in [0.3, 0.4) is 0 Å². The first kappa shape index (κ1) is 15.2. The molecular weight excluding hydrogens is 314 g/mol.